The zero-order valence-corrected chi connectivity index (χ0v) is 17.2. The SMILES string of the molecule is COc1cccc(O[C@@H]2C[C@@H](NC(=O)OC(C)(C)C)[C@H](N(C)CCO)[C@H]2O)c1. The Kier molecular flexibility index (Phi) is 7.51. The molecule has 1 aliphatic carbocycles. The van der Waals surface area contributed by atoms with Crippen LogP contribution in [0, 0.1) is 0 Å². The summed E-state index contributed by atoms with van der Waals surface area (Å²) < 4.78 is 16.5. The molecule has 1 fully saturated rings. The number of ether oxygens (including phenoxy) is 3. The summed E-state index contributed by atoms with van der Waals surface area (Å²) >= 11 is 0. The Balaban J connectivity index is 2.14. The number of carbonyl (C=O) groups excluding carboxylic acids is 1. The molecule has 0 spiro atoms. The predicted molar refractivity (Wildman–Crippen MR) is 105 cm³/mol. The van der Waals surface area contributed by atoms with Gasteiger partial charge < -0.3 is 29.7 Å². The van der Waals surface area contributed by atoms with Crippen LogP contribution in [0.5, 0.6) is 11.5 Å². The number of aliphatic hydroxyl groups excluding tert-OH is 2. The van der Waals surface area contributed by atoms with Crippen LogP contribution >= 0.6 is 0 Å². The molecule has 1 aliphatic rings. The van der Waals surface area contributed by atoms with E-state index in [9.17, 15) is 15.0 Å². The summed E-state index contributed by atoms with van der Waals surface area (Å²) in [4.78, 5) is 14.1. The van der Waals surface area contributed by atoms with Crippen molar-refractivity contribution in [3.8, 4) is 11.5 Å². The second-order valence-corrected chi connectivity index (χ2v) is 8.01. The molecule has 2 rings (SSSR count). The quantitative estimate of drug-likeness (QED) is 0.640. The van der Waals surface area contributed by atoms with E-state index < -0.39 is 36.0 Å². The highest BCUT2D eigenvalue weighted by molar-refractivity contribution is 5.68. The van der Waals surface area contributed by atoms with Crippen molar-refractivity contribution in [1.82, 2.24) is 10.2 Å². The van der Waals surface area contributed by atoms with E-state index in [1.54, 1.807) is 53.1 Å². The van der Waals surface area contributed by atoms with Gasteiger partial charge in [0.2, 0.25) is 0 Å². The number of rotatable bonds is 7. The molecule has 0 aromatic heterocycles. The summed E-state index contributed by atoms with van der Waals surface area (Å²) in [6.45, 7) is 5.68. The first-order chi connectivity index (χ1) is 13.1. The van der Waals surface area contributed by atoms with Crippen molar-refractivity contribution in [3.63, 3.8) is 0 Å². The summed E-state index contributed by atoms with van der Waals surface area (Å²) in [5.41, 5.74) is -0.621. The molecule has 28 heavy (non-hydrogen) atoms. The van der Waals surface area contributed by atoms with Crippen molar-refractivity contribution in [2.24, 2.45) is 0 Å². The van der Waals surface area contributed by atoms with Crippen LogP contribution in [0.25, 0.3) is 0 Å². The van der Waals surface area contributed by atoms with E-state index in [1.165, 1.54) is 0 Å². The number of nitrogens with one attached hydrogen (secondary N) is 1. The molecule has 1 amide bonds. The molecule has 0 heterocycles. The molecule has 0 aliphatic heterocycles. The summed E-state index contributed by atoms with van der Waals surface area (Å²) in [6, 6.07) is 6.33. The van der Waals surface area contributed by atoms with Gasteiger partial charge in [-0.1, -0.05) is 6.07 Å². The standard InChI is InChI=1S/C20H32N2O6/c1-20(2,3)28-19(25)21-15-12-16(18(24)17(15)22(4)9-10-23)27-14-8-6-7-13(11-14)26-5/h6-8,11,15-18,23-24H,9-10,12H2,1-5H3,(H,21,25)/t15-,16-,17+,18+/m1/s1. The Bertz CT molecular complexity index is 648. The summed E-state index contributed by atoms with van der Waals surface area (Å²) in [6.07, 6.45) is -1.53. The fourth-order valence-electron chi connectivity index (χ4n) is 3.43. The third-order valence-corrected chi connectivity index (χ3v) is 4.62. The average Bonchev–Trinajstić information content (AvgIpc) is 2.88. The number of benzene rings is 1. The number of hydrogen-bond acceptors (Lipinski definition) is 7. The van der Waals surface area contributed by atoms with E-state index in [-0.39, 0.29) is 6.61 Å². The monoisotopic (exact) mass is 396 g/mol. The second-order valence-electron chi connectivity index (χ2n) is 8.01. The van der Waals surface area contributed by atoms with Crippen molar-refractivity contribution in [3.05, 3.63) is 24.3 Å². The molecule has 0 bridgehead atoms. The number of alkyl carbamates (subject to hydrolysis) is 1. The van der Waals surface area contributed by atoms with Gasteiger partial charge in [0.25, 0.3) is 0 Å². The van der Waals surface area contributed by atoms with Gasteiger partial charge in [-0.25, -0.2) is 4.79 Å². The molecule has 0 saturated heterocycles. The van der Waals surface area contributed by atoms with Crippen LogP contribution in [0.1, 0.15) is 27.2 Å². The van der Waals surface area contributed by atoms with Crippen molar-refractivity contribution in [2.75, 3.05) is 27.3 Å². The number of methoxy groups -OCH3 is 1. The van der Waals surface area contributed by atoms with Gasteiger partial charge in [-0.3, -0.25) is 4.90 Å². The first-order valence-corrected chi connectivity index (χ1v) is 9.44. The smallest absolute Gasteiger partial charge is 0.407 e. The van der Waals surface area contributed by atoms with E-state index in [0.29, 0.717) is 24.5 Å². The van der Waals surface area contributed by atoms with Crippen molar-refractivity contribution in [1.29, 1.82) is 0 Å². The van der Waals surface area contributed by atoms with Crippen LogP contribution in [0.15, 0.2) is 24.3 Å². The lowest BCUT2D eigenvalue weighted by Gasteiger charge is -2.32. The minimum Gasteiger partial charge on any atom is -0.497 e. The van der Waals surface area contributed by atoms with Crippen molar-refractivity contribution >= 4 is 6.09 Å². The van der Waals surface area contributed by atoms with Gasteiger partial charge in [-0.2, -0.15) is 0 Å². The van der Waals surface area contributed by atoms with Crippen molar-refractivity contribution < 1.29 is 29.2 Å². The first kappa shape index (κ1) is 22.3. The third-order valence-electron chi connectivity index (χ3n) is 4.62. The second kappa shape index (κ2) is 9.45. The summed E-state index contributed by atoms with van der Waals surface area (Å²) in [7, 11) is 3.37. The molecule has 8 heteroatoms. The number of likely N-dealkylation sites (N-methyl/N-ethyl adjacent to an activating group) is 1. The lowest BCUT2D eigenvalue weighted by molar-refractivity contribution is 0.00933. The van der Waals surface area contributed by atoms with Gasteiger partial charge in [0, 0.05) is 19.0 Å². The summed E-state index contributed by atoms with van der Waals surface area (Å²) in [5, 5.41) is 23.0. The molecule has 1 aromatic rings. The Morgan fingerprint density at radius 2 is 2.00 bits per heavy atom. The molecule has 0 unspecified atom stereocenters. The van der Waals surface area contributed by atoms with Crippen LogP contribution in [0.4, 0.5) is 4.79 Å². The highest BCUT2D eigenvalue weighted by Gasteiger charge is 2.46. The van der Waals surface area contributed by atoms with Gasteiger partial charge in [-0.05, 0) is 40.0 Å². The van der Waals surface area contributed by atoms with E-state index in [4.69, 9.17) is 14.2 Å². The minimum absolute atomic E-state index is 0.0553. The maximum absolute atomic E-state index is 12.3. The van der Waals surface area contributed by atoms with E-state index in [1.807, 2.05) is 11.0 Å². The Morgan fingerprint density at radius 1 is 1.32 bits per heavy atom. The Labute approximate surface area is 166 Å². The minimum atomic E-state index is -0.859. The Morgan fingerprint density at radius 3 is 2.61 bits per heavy atom. The maximum atomic E-state index is 12.3. The fraction of sp³-hybridized carbons (Fsp3) is 0.650. The third kappa shape index (κ3) is 5.98. The van der Waals surface area contributed by atoms with Gasteiger partial charge in [0.05, 0.1) is 25.8 Å². The number of amides is 1. The van der Waals surface area contributed by atoms with Gasteiger partial charge in [-0.15, -0.1) is 0 Å². The molecule has 1 saturated carbocycles. The maximum Gasteiger partial charge on any atom is 0.407 e. The zero-order chi connectivity index (χ0) is 20.9. The van der Waals surface area contributed by atoms with Crippen LogP contribution < -0.4 is 14.8 Å². The highest BCUT2D eigenvalue weighted by Crippen LogP contribution is 2.30. The number of aliphatic hydroxyl groups is 2. The molecular formula is C20H32N2O6. The van der Waals surface area contributed by atoms with E-state index >= 15 is 0 Å². The molecule has 0 radical (unpaired) electrons. The molecule has 4 atom stereocenters. The Hall–Kier alpha value is -2.03. The number of nitrogens with zero attached hydrogens (tertiary/aromatic N) is 1. The van der Waals surface area contributed by atoms with Gasteiger partial charge >= 0.3 is 6.09 Å². The van der Waals surface area contributed by atoms with Gasteiger partial charge in [0.1, 0.15) is 29.3 Å². The van der Waals surface area contributed by atoms with Crippen LogP contribution in [-0.4, -0.2) is 78.4 Å². The average molecular weight is 396 g/mol. The largest absolute Gasteiger partial charge is 0.497 e. The molecular weight excluding hydrogens is 364 g/mol. The topological polar surface area (TPSA) is 100 Å². The van der Waals surface area contributed by atoms with Gasteiger partial charge in [0.15, 0.2) is 0 Å². The number of hydrogen-bond donors (Lipinski definition) is 3. The highest BCUT2D eigenvalue weighted by atomic mass is 16.6. The molecule has 3 N–H and O–H groups in total. The predicted octanol–water partition coefficient (Wildman–Crippen LogP) is 1.39. The zero-order valence-electron chi connectivity index (χ0n) is 17.2. The van der Waals surface area contributed by atoms with E-state index in [2.05, 4.69) is 5.32 Å². The first-order valence-electron chi connectivity index (χ1n) is 9.44. The molecule has 158 valence electrons. The summed E-state index contributed by atoms with van der Waals surface area (Å²) in [5.74, 6) is 1.23. The molecule has 1 aromatic carbocycles. The van der Waals surface area contributed by atoms with Crippen LogP contribution in [-0.2, 0) is 4.74 Å². The number of carbonyl (C=O) groups is 1. The molecule has 8 nitrogen and oxygen atoms in total. The lowest BCUT2D eigenvalue weighted by atomic mass is 10.1. The normalized spacial score (nSPS) is 24.9. The van der Waals surface area contributed by atoms with Crippen molar-refractivity contribution in [2.45, 2.75) is 57.1 Å². The van der Waals surface area contributed by atoms with Crippen LogP contribution in [0.2, 0.25) is 0 Å². The fourth-order valence-corrected chi connectivity index (χ4v) is 3.43. The van der Waals surface area contributed by atoms with E-state index in [0.717, 1.165) is 0 Å². The van der Waals surface area contributed by atoms with Crippen LogP contribution in [0.3, 0.4) is 0 Å². The lowest BCUT2D eigenvalue weighted by Crippen LogP contribution is -2.53.